The van der Waals surface area contributed by atoms with Crippen molar-refractivity contribution in [2.75, 3.05) is 26.4 Å². The normalized spacial score (nSPS) is 11.6. The quantitative estimate of drug-likeness (QED) is 0.767. The highest BCUT2D eigenvalue weighted by Crippen LogP contribution is 2.26. The molecule has 1 amide bonds. The molecule has 1 aromatic rings. The van der Waals surface area contributed by atoms with Crippen LogP contribution in [0.3, 0.4) is 0 Å². The van der Waals surface area contributed by atoms with Gasteiger partial charge in [-0.25, -0.2) is 0 Å². The number of ether oxygens (including phenoxy) is 1. The zero-order valence-electron chi connectivity index (χ0n) is 11.4. The Morgan fingerprint density at radius 3 is 2.50 bits per heavy atom. The molecule has 0 saturated heterocycles. The average molecular weight is 251 g/mol. The molecule has 0 fully saturated rings. The highest BCUT2D eigenvalue weighted by molar-refractivity contribution is 5.99. The number of likely N-dealkylation sites (N-methyl/N-ethyl adjacent to an activating group) is 1. The topological polar surface area (TPSA) is 81.6 Å². The maximum absolute atomic E-state index is 11.2. The van der Waals surface area contributed by atoms with Gasteiger partial charge in [-0.05, 0) is 40.1 Å². The Labute approximate surface area is 108 Å². The molecule has 0 aromatic heterocycles. The van der Waals surface area contributed by atoms with Crippen molar-refractivity contribution in [3.8, 4) is 5.75 Å². The Hall–Kier alpha value is -1.75. The van der Waals surface area contributed by atoms with E-state index in [1.165, 1.54) is 0 Å². The van der Waals surface area contributed by atoms with Gasteiger partial charge >= 0.3 is 0 Å². The molecule has 0 aliphatic carbocycles. The number of carbonyl (C=O) groups is 1. The summed E-state index contributed by atoms with van der Waals surface area (Å²) in [7, 11) is 3.96. The third-order valence-corrected chi connectivity index (χ3v) is 3.12. The first-order valence-electron chi connectivity index (χ1n) is 5.74. The van der Waals surface area contributed by atoms with Crippen LogP contribution in [0.4, 0.5) is 5.69 Å². The van der Waals surface area contributed by atoms with E-state index in [0.717, 1.165) is 0 Å². The summed E-state index contributed by atoms with van der Waals surface area (Å²) in [5.41, 5.74) is 11.5. The molecular weight excluding hydrogens is 230 g/mol. The summed E-state index contributed by atoms with van der Waals surface area (Å²) >= 11 is 0. The smallest absolute Gasteiger partial charge is 0.250 e. The Bertz CT molecular complexity index is 442. The van der Waals surface area contributed by atoms with Gasteiger partial charge in [0.05, 0.1) is 11.3 Å². The average Bonchev–Trinajstić information content (AvgIpc) is 2.27. The number of nitrogen functional groups attached to an aromatic ring is 1. The number of para-hydroxylation sites is 1. The summed E-state index contributed by atoms with van der Waals surface area (Å²) in [6.07, 6.45) is 0. The van der Waals surface area contributed by atoms with Crippen LogP contribution in [0.25, 0.3) is 0 Å². The highest BCUT2D eigenvalue weighted by Gasteiger charge is 2.22. The Balaban J connectivity index is 2.87. The summed E-state index contributed by atoms with van der Waals surface area (Å²) in [5, 5.41) is 0. The van der Waals surface area contributed by atoms with Gasteiger partial charge in [0.2, 0.25) is 0 Å². The second-order valence-corrected chi connectivity index (χ2v) is 5.08. The molecule has 0 aliphatic rings. The minimum absolute atomic E-state index is 0.130. The number of anilines is 1. The van der Waals surface area contributed by atoms with Crippen molar-refractivity contribution < 1.29 is 9.53 Å². The second kappa shape index (κ2) is 5.27. The monoisotopic (exact) mass is 251 g/mol. The lowest BCUT2D eigenvalue weighted by atomic mass is 10.1. The Morgan fingerprint density at radius 2 is 2.00 bits per heavy atom. The highest BCUT2D eigenvalue weighted by atomic mass is 16.5. The fraction of sp³-hybridized carbons (Fsp3) is 0.462. The Morgan fingerprint density at radius 1 is 1.39 bits per heavy atom. The molecule has 0 atom stereocenters. The van der Waals surface area contributed by atoms with Gasteiger partial charge in [0.25, 0.3) is 5.91 Å². The van der Waals surface area contributed by atoms with Gasteiger partial charge in [0, 0.05) is 5.54 Å². The maximum atomic E-state index is 11.2. The predicted octanol–water partition coefficient (Wildman–Crippen LogP) is 1.09. The summed E-state index contributed by atoms with van der Waals surface area (Å²) in [6.45, 7) is 4.58. The molecule has 4 N–H and O–H groups in total. The molecule has 0 heterocycles. The zero-order chi connectivity index (χ0) is 13.9. The number of primary amides is 1. The number of hydrogen-bond donors (Lipinski definition) is 2. The van der Waals surface area contributed by atoms with Crippen molar-refractivity contribution in [2.45, 2.75) is 19.4 Å². The first-order valence-corrected chi connectivity index (χ1v) is 5.74. The van der Waals surface area contributed by atoms with E-state index in [2.05, 4.69) is 18.7 Å². The SMILES string of the molecule is CN(C)C(C)(C)COc1cccc(C(N)=O)c1N. The van der Waals surface area contributed by atoms with E-state index in [4.69, 9.17) is 16.2 Å². The molecule has 0 aliphatic heterocycles. The number of rotatable bonds is 5. The number of hydrogen-bond acceptors (Lipinski definition) is 4. The molecule has 0 saturated carbocycles. The van der Waals surface area contributed by atoms with Crippen molar-refractivity contribution in [1.29, 1.82) is 0 Å². The second-order valence-electron chi connectivity index (χ2n) is 5.08. The molecule has 5 nitrogen and oxygen atoms in total. The summed E-state index contributed by atoms with van der Waals surface area (Å²) < 4.78 is 5.68. The van der Waals surface area contributed by atoms with E-state index in [-0.39, 0.29) is 11.1 Å². The summed E-state index contributed by atoms with van der Waals surface area (Å²) in [5.74, 6) is -0.0638. The van der Waals surface area contributed by atoms with Crippen LogP contribution < -0.4 is 16.2 Å². The first kappa shape index (κ1) is 14.3. The van der Waals surface area contributed by atoms with E-state index in [9.17, 15) is 4.79 Å². The van der Waals surface area contributed by atoms with Crippen LogP contribution in [-0.2, 0) is 0 Å². The fourth-order valence-electron chi connectivity index (χ4n) is 1.27. The van der Waals surface area contributed by atoms with Gasteiger partial charge in [0.1, 0.15) is 12.4 Å². The number of nitrogens with zero attached hydrogens (tertiary/aromatic N) is 1. The van der Waals surface area contributed by atoms with Crippen molar-refractivity contribution in [2.24, 2.45) is 5.73 Å². The van der Waals surface area contributed by atoms with Crippen LogP contribution in [-0.4, -0.2) is 37.0 Å². The van der Waals surface area contributed by atoms with Gasteiger partial charge in [-0.1, -0.05) is 6.07 Å². The first-order chi connectivity index (χ1) is 8.25. The number of nitrogens with two attached hydrogens (primary N) is 2. The van der Waals surface area contributed by atoms with Crippen LogP contribution in [0.5, 0.6) is 5.75 Å². The molecule has 1 aromatic carbocycles. The largest absolute Gasteiger partial charge is 0.489 e. The minimum Gasteiger partial charge on any atom is -0.489 e. The van der Waals surface area contributed by atoms with Crippen LogP contribution in [0, 0.1) is 0 Å². The third kappa shape index (κ3) is 3.13. The lowest BCUT2D eigenvalue weighted by Crippen LogP contribution is -2.43. The fourth-order valence-corrected chi connectivity index (χ4v) is 1.27. The van der Waals surface area contributed by atoms with E-state index in [0.29, 0.717) is 18.0 Å². The van der Waals surface area contributed by atoms with Crippen molar-refractivity contribution >= 4 is 11.6 Å². The minimum atomic E-state index is -0.551. The van der Waals surface area contributed by atoms with Crippen LogP contribution in [0.1, 0.15) is 24.2 Å². The molecule has 0 bridgehead atoms. The molecule has 0 unspecified atom stereocenters. The van der Waals surface area contributed by atoms with Gasteiger partial charge in [0.15, 0.2) is 0 Å². The van der Waals surface area contributed by atoms with Crippen LogP contribution in [0.15, 0.2) is 18.2 Å². The van der Waals surface area contributed by atoms with Gasteiger partial charge in [-0.2, -0.15) is 0 Å². The van der Waals surface area contributed by atoms with Crippen molar-refractivity contribution in [3.63, 3.8) is 0 Å². The summed E-state index contributed by atoms with van der Waals surface area (Å²) in [6, 6.07) is 5.02. The Kier molecular flexibility index (Phi) is 4.19. The lowest BCUT2D eigenvalue weighted by Gasteiger charge is -2.32. The number of carbonyl (C=O) groups excluding carboxylic acids is 1. The van der Waals surface area contributed by atoms with Gasteiger partial charge < -0.3 is 21.1 Å². The summed E-state index contributed by atoms with van der Waals surface area (Å²) in [4.78, 5) is 13.2. The molecule has 18 heavy (non-hydrogen) atoms. The predicted molar refractivity (Wildman–Crippen MR) is 72.6 cm³/mol. The lowest BCUT2D eigenvalue weighted by molar-refractivity contribution is 0.0999. The number of amides is 1. The molecule has 5 heteroatoms. The van der Waals surface area contributed by atoms with Crippen molar-refractivity contribution in [3.05, 3.63) is 23.8 Å². The molecule has 100 valence electrons. The number of benzene rings is 1. The van der Waals surface area contributed by atoms with Crippen LogP contribution in [0.2, 0.25) is 0 Å². The van der Waals surface area contributed by atoms with Crippen molar-refractivity contribution in [1.82, 2.24) is 4.90 Å². The molecule has 0 radical (unpaired) electrons. The van der Waals surface area contributed by atoms with Crippen LogP contribution >= 0.6 is 0 Å². The molecule has 0 spiro atoms. The third-order valence-electron chi connectivity index (χ3n) is 3.12. The molecular formula is C13H21N3O2. The van der Waals surface area contributed by atoms with E-state index in [1.807, 2.05) is 14.1 Å². The van der Waals surface area contributed by atoms with Gasteiger partial charge in [-0.3, -0.25) is 4.79 Å². The standard InChI is InChI=1S/C13H21N3O2/c1-13(2,16(3)4)8-18-10-7-5-6-9(11(10)14)12(15)17/h5-7H,8,14H2,1-4H3,(H2,15,17). The molecule has 1 rings (SSSR count). The van der Waals surface area contributed by atoms with E-state index >= 15 is 0 Å². The van der Waals surface area contributed by atoms with Gasteiger partial charge in [-0.15, -0.1) is 0 Å². The van der Waals surface area contributed by atoms with E-state index in [1.54, 1.807) is 18.2 Å². The zero-order valence-corrected chi connectivity index (χ0v) is 11.4. The maximum Gasteiger partial charge on any atom is 0.250 e. The van der Waals surface area contributed by atoms with E-state index < -0.39 is 5.91 Å².